The Kier molecular flexibility index (Phi) is 3.48. The summed E-state index contributed by atoms with van der Waals surface area (Å²) in [6, 6.07) is 9.25. The van der Waals surface area contributed by atoms with E-state index in [1.165, 1.54) is 0 Å². The highest BCUT2D eigenvalue weighted by Crippen LogP contribution is 2.47. The monoisotopic (exact) mass is 313 g/mol. The molecule has 5 nitrogen and oxygen atoms in total. The Bertz CT molecular complexity index is 702. The predicted molar refractivity (Wildman–Crippen MR) is 84.6 cm³/mol. The van der Waals surface area contributed by atoms with Crippen LogP contribution < -0.4 is 14.8 Å². The standard InChI is InChI=1S/C18H19NO4/c20-17(8-6-14-4-3-11-21-14)19-13-5-7-15-16(12-13)23-18(22-15)9-1-2-10-18/h3-5,7,11-12H,1-2,6,8-10H2,(H,19,20). The van der Waals surface area contributed by atoms with Crippen molar-refractivity contribution >= 4 is 11.6 Å². The van der Waals surface area contributed by atoms with E-state index in [1.807, 2.05) is 30.3 Å². The van der Waals surface area contributed by atoms with E-state index in [4.69, 9.17) is 13.9 Å². The lowest BCUT2D eigenvalue weighted by molar-refractivity contribution is -0.116. The summed E-state index contributed by atoms with van der Waals surface area (Å²) in [4.78, 5) is 12.0. The van der Waals surface area contributed by atoms with E-state index < -0.39 is 5.79 Å². The van der Waals surface area contributed by atoms with E-state index in [0.717, 1.165) is 48.6 Å². The van der Waals surface area contributed by atoms with Gasteiger partial charge < -0.3 is 19.2 Å². The summed E-state index contributed by atoms with van der Waals surface area (Å²) < 4.78 is 17.2. The maximum absolute atomic E-state index is 12.0. The van der Waals surface area contributed by atoms with E-state index in [9.17, 15) is 4.79 Å². The minimum atomic E-state index is -0.468. The summed E-state index contributed by atoms with van der Waals surface area (Å²) in [5, 5.41) is 2.90. The van der Waals surface area contributed by atoms with E-state index in [-0.39, 0.29) is 5.91 Å². The molecule has 0 unspecified atom stereocenters. The smallest absolute Gasteiger partial charge is 0.251 e. The maximum Gasteiger partial charge on any atom is 0.251 e. The highest BCUT2D eigenvalue weighted by molar-refractivity contribution is 5.91. The first kappa shape index (κ1) is 14.2. The molecule has 1 N–H and O–H groups in total. The van der Waals surface area contributed by atoms with Gasteiger partial charge in [0.15, 0.2) is 11.5 Å². The Hall–Kier alpha value is -2.43. The number of aryl methyl sites for hydroxylation is 1. The van der Waals surface area contributed by atoms with Gasteiger partial charge in [0.05, 0.1) is 6.26 Å². The van der Waals surface area contributed by atoms with Crippen LogP contribution in [-0.4, -0.2) is 11.7 Å². The lowest BCUT2D eigenvalue weighted by Crippen LogP contribution is -2.34. The van der Waals surface area contributed by atoms with Crippen LogP contribution in [0, 0.1) is 0 Å². The van der Waals surface area contributed by atoms with Gasteiger partial charge >= 0.3 is 0 Å². The molecule has 4 rings (SSSR count). The van der Waals surface area contributed by atoms with Crippen molar-refractivity contribution in [1.29, 1.82) is 0 Å². The molecule has 1 aliphatic carbocycles. The van der Waals surface area contributed by atoms with Gasteiger partial charge in [-0.15, -0.1) is 0 Å². The van der Waals surface area contributed by atoms with Crippen molar-refractivity contribution in [2.45, 2.75) is 44.3 Å². The molecule has 1 fully saturated rings. The van der Waals surface area contributed by atoms with Gasteiger partial charge in [0.2, 0.25) is 5.91 Å². The van der Waals surface area contributed by atoms with Crippen LogP contribution >= 0.6 is 0 Å². The minimum absolute atomic E-state index is 0.0455. The molecule has 2 heterocycles. The van der Waals surface area contributed by atoms with Crippen LogP contribution in [0.4, 0.5) is 5.69 Å². The maximum atomic E-state index is 12.0. The summed E-state index contributed by atoms with van der Waals surface area (Å²) in [5.74, 6) is 1.78. The molecule has 1 aromatic carbocycles. The van der Waals surface area contributed by atoms with Gasteiger partial charge in [-0.2, -0.15) is 0 Å². The van der Waals surface area contributed by atoms with Crippen molar-refractivity contribution < 1.29 is 18.7 Å². The second-order valence-electron chi connectivity index (χ2n) is 6.11. The van der Waals surface area contributed by atoms with Crippen molar-refractivity contribution in [3.63, 3.8) is 0 Å². The lowest BCUT2D eigenvalue weighted by atomic mass is 10.2. The third kappa shape index (κ3) is 2.91. The van der Waals surface area contributed by atoms with Gasteiger partial charge in [-0.3, -0.25) is 4.79 Å². The SMILES string of the molecule is O=C(CCc1ccco1)Nc1ccc2c(c1)OC1(CCCC1)O2. The predicted octanol–water partition coefficient (Wildman–Crippen LogP) is 3.89. The number of hydrogen-bond donors (Lipinski definition) is 1. The lowest BCUT2D eigenvalue weighted by Gasteiger charge is -2.21. The van der Waals surface area contributed by atoms with Crippen molar-refractivity contribution in [2.24, 2.45) is 0 Å². The number of furan rings is 1. The quantitative estimate of drug-likeness (QED) is 0.930. The minimum Gasteiger partial charge on any atom is -0.469 e. The van der Waals surface area contributed by atoms with Crippen molar-refractivity contribution in [3.8, 4) is 11.5 Å². The Labute approximate surface area is 134 Å². The summed E-state index contributed by atoms with van der Waals surface area (Å²) in [5.41, 5.74) is 0.729. The molecule has 5 heteroatoms. The fraction of sp³-hybridized carbons (Fsp3) is 0.389. The first-order valence-electron chi connectivity index (χ1n) is 8.07. The molecule has 23 heavy (non-hydrogen) atoms. The molecule has 1 spiro atoms. The summed E-state index contributed by atoms with van der Waals surface area (Å²) in [6.07, 6.45) is 6.69. The first-order valence-corrected chi connectivity index (χ1v) is 8.07. The van der Waals surface area contributed by atoms with E-state index in [2.05, 4.69) is 5.32 Å². The Morgan fingerprint density at radius 1 is 1.13 bits per heavy atom. The molecule has 120 valence electrons. The van der Waals surface area contributed by atoms with Crippen LogP contribution in [0.5, 0.6) is 11.5 Å². The zero-order chi connectivity index (χ0) is 15.7. The number of amides is 1. The average molecular weight is 313 g/mol. The van der Waals surface area contributed by atoms with Gasteiger partial charge in [0.1, 0.15) is 5.76 Å². The van der Waals surface area contributed by atoms with Gasteiger partial charge in [0.25, 0.3) is 5.79 Å². The van der Waals surface area contributed by atoms with Crippen molar-refractivity contribution in [3.05, 3.63) is 42.4 Å². The number of nitrogens with one attached hydrogen (secondary N) is 1. The molecular formula is C18H19NO4. The number of hydrogen-bond acceptors (Lipinski definition) is 4. The second kappa shape index (κ2) is 5.65. The number of fused-ring (bicyclic) bond motifs is 1. The van der Waals surface area contributed by atoms with Crippen molar-refractivity contribution in [1.82, 2.24) is 0 Å². The fourth-order valence-electron chi connectivity index (χ4n) is 3.20. The molecule has 0 saturated heterocycles. The molecule has 1 aromatic heterocycles. The fourth-order valence-corrected chi connectivity index (χ4v) is 3.20. The Morgan fingerprint density at radius 3 is 2.74 bits per heavy atom. The Balaban J connectivity index is 1.38. The van der Waals surface area contributed by atoms with E-state index in [1.54, 1.807) is 6.26 Å². The number of carbonyl (C=O) groups is 1. The van der Waals surface area contributed by atoms with Crippen LogP contribution in [0.15, 0.2) is 41.0 Å². The molecule has 1 saturated carbocycles. The molecule has 1 amide bonds. The normalized spacial score (nSPS) is 17.6. The second-order valence-corrected chi connectivity index (χ2v) is 6.11. The van der Waals surface area contributed by atoms with Gasteiger partial charge in [-0.05, 0) is 37.1 Å². The molecule has 1 aliphatic heterocycles. The largest absolute Gasteiger partial charge is 0.469 e. The van der Waals surface area contributed by atoms with Crippen LogP contribution in [0.2, 0.25) is 0 Å². The summed E-state index contributed by atoms with van der Waals surface area (Å²) in [6.45, 7) is 0. The highest BCUT2D eigenvalue weighted by Gasteiger charge is 2.44. The van der Waals surface area contributed by atoms with Crippen LogP contribution in [0.3, 0.4) is 0 Å². The van der Waals surface area contributed by atoms with Gasteiger partial charge in [-0.25, -0.2) is 0 Å². The molecular weight excluding hydrogens is 294 g/mol. The van der Waals surface area contributed by atoms with Crippen molar-refractivity contribution in [2.75, 3.05) is 5.32 Å². The number of ether oxygens (including phenoxy) is 2. The number of anilines is 1. The molecule has 0 bridgehead atoms. The summed E-state index contributed by atoms with van der Waals surface area (Å²) in [7, 11) is 0. The number of benzene rings is 1. The molecule has 0 atom stereocenters. The molecule has 2 aromatic rings. The Morgan fingerprint density at radius 2 is 1.96 bits per heavy atom. The number of carbonyl (C=O) groups excluding carboxylic acids is 1. The average Bonchev–Trinajstić information content (AvgIpc) is 3.26. The van der Waals surface area contributed by atoms with E-state index >= 15 is 0 Å². The van der Waals surface area contributed by atoms with Crippen LogP contribution in [-0.2, 0) is 11.2 Å². The zero-order valence-electron chi connectivity index (χ0n) is 12.8. The first-order chi connectivity index (χ1) is 11.2. The van der Waals surface area contributed by atoms with E-state index in [0.29, 0.717) is 12.8 Å². The number of rotatable bonds is 4. The molecule has 0 radical (unpaired) electrons. The molecule has 2 aliphatic rings. The van der Waals surface area contributed by atoms with Gasteiger partial charge in [0, 0.05) is 37.4 Å². The van der Waals surface area contributed by atoms with Crippen LogP contribution in [0.1, 0.15) is 37.9 Å². The third-order valence-electron chi connectivity index (χ3n) is 4.36. The van der Waals surface area contributed by atoms with Crippen LogP contribution in [0.25, 0.3) is 0 Å². The van der Waals surface area contributed by atoms with Gasteiger partial charge in [-0.1, -0.05) is 0 Å². The third-order valence-corrected chi connectivity index (χ3v) is 4.36. The zero-order valence-corrected chi connectivity index (χ0v) is 12.8. The highest BCUT2D eigenvalue weighted by atomic mass is 16.7. The topological polar surface area (TPSA) is 60.7 Å². The summed E-state index contributed by atoms with van der Waals surface area (Å²) >= 11 is 0.